The quantitative estimate of drug-likeness (QED) is 0.171. The minimum Gasteiger partial charge on any atom is -0.354 e. The van der Waals surface area contributed by atoms with Crippen molar-refractivity contribution in [2.45, 2.75) is 20.8 Å². The first-order chi connectivity index (χ1) is 28.8. The van der Waals surface area contributed by atoms with Crippen LogP contribution in [0.2, 0.25) is 0 Å². The number of hydrogen-bond acceptors (Lipinski definition) is 4. The lowest BCUT2D eigenvalue weighted by molar-refractivity contribution is -0.113. The van der Waals surface area contributed by atoms with E-state index in [2.05, 4.69) is 152 Å². The normalized spacial score (nSPS) is 13.3. The third-order valence-corrected chi connectivity index (χ3v) is 11.2. The Kier molecular flexibility index (Phi) is 8.68. The molecule has 282 valence electrons. The van der Waals surface area contributed by atoms with Gasteiger partial charge in [0, 0.05) is 49.9 Å². The van der Waals surface area contributed by atoms with Gasteiger partial charge in [0.1, 0.15) is 0 Å². The van der Waals surface area contributed by atoms with Crippen LogP contribution in [0.1, 0.15) is 45.0 Å². The van der Waals surface area contributed by atoms with Crippen LogP contribution in [-0.4, -0.2) is 31.5 Å². The minimum atomic E-state index is -0.211. The smallest absolute Gasteiger partial charge is 0.186 e. The van der Waals surface area contributed by atoms with Gasteiger partial charge in [-0.05, 0) is 121 Å². The molecule has 0 spiro atoms. The average molecular weight is 763 g/mol. The highest BCUT2D eigenvalue weighted by Crippen LogP contribution is 2.39. The summed E-state index contributed by atoms with van der Waals surface area (Å²) < 4.78 is 0. The first-order valence-electron chi connectivity index (χ1n) is 19.7. The van der Waals surface area contributed by atoms with E-state index in [4.69, 9.17) is 9.97 Å². The molecule has 5 heterocycles. The second-order valence-corrected chi connectivity index (χ2v) is 15.3. The summed E-state index contributed by atoms with van der Waals surface area (Å²) in [6.45, 7) is 6.28. The van der Waals surface area contributed by atoms with Crippen molar-refractivity contribution in [1.82, 2.24) is 19.9 Å². The van der Waals surface area contributed by atoms with Crippen LogP contribution in [0.15, 0.2) is 140 Å². The molecular weight excluding hydrogens is 725 g/mol. The van der Waals surface area contributed by atoms with Crippen molar-refractivity contribution in [3.05, 3.63) is 185 Å². The molecule has 3 aromatic heterocycles. The fourth-order valence-corrected chi connectivity index (χ4v) is 8.16. The highest BCUT2D eigenvalue weighted by molar-refractivity contribution is 6.34. The molecule has 3 aliphatic rings. The molecule has 7 aromatic rings. The van der Waals surface area contributed by atoms with Gasteiger partial charge in [-0.25, -0.2) is 9.97 Å². The van der Waals surface area contributed by atoms with Crippen LogP contribution in [0.25, 0.3) is 96.5 Å². The van der Waals surface area contributed by atoms with E-state index in [1.54, 1.807) is 0 Å². The van der Waals surface area contributed by atoms with Crippen molar-refractivity contribution in [1.29, 1.82) is 0 Å². The molecule has 2 N–H and O–H groups in total. The SMILES string of the molecule is Cc1ccc(-c2c3nc(c(-c4ccc(C)cc4)c4ccc([nH]4)c(-c4cccc(C5=CC(=O)C=CC5=O)c4)c4nc(c(-c5ccc(C)cc5)c5ccc2[nH]5)C=C4)C=C3)cc1. The zero-order valence-corrected chi connectivity index (χ0v) is 32.8. The van der Waals surface area contributed by atoms with Crippen molar-refractivity contribution in [3.8, 4) is 44.5 Å². The number of nitrogens with one attached hydrogen (secondary N) is 2. The van der Waals surface area contributed by atoms with Crippen molar-refractivity contribution in [3.63, 3.8) is 0 Å². The van der Waals surface area contributed by atoms with Crippen LogP contribution in [0.3, 0.4) is 0 Å². The Labute approximate surface area is 341 Å². The molecule has 6 heteroatoms. The molecule has 0 saturated heterocycles. The first kappa shape index (κ1) is 35.7. The lowest BCUT2D eigenvalue weighted by atomic mass is 9.93. The van der Waals surface area contributed by atoms with Crippen LogP contribution in [-0.2, 0) is 9.59 Å². The summed E-state index contributed by atoms with van der Waals surface area (Å²) in [7, 11) is 0. The summed E-state index contributed by atoms with van der Waals surface area (Å²) in [5.74, 6) is -0.414. The zero-order chi connectivity index (χ0) is 40.2. The third kappa shape index (κ3) is 6.60. The van der Waals surface area contributed by atoms with Gasteiger partial charge in [-0.3, -0.25) is 9.59 Å². The maximum absolute atomic E-state index is 13.0. The van der Waals surface area contributed by atoms with Crippen LogP contribution in [0.5, 0.6) is 0 Å². The maximum Gasteiger partial charge on any atom is 0.186 e. The van der Waals surface area contributed by atoms with Gasteiger partial charge in [0.2, 0.25) is 0 Å². The van der Waals surface area contributed by atoms with Gasteiger partial charge in [0.25, 0.3) is 0 Å². The number of rotatable bonds is 5. The van der Waals surface area contributed by atoms with E-state index in [0.29, 0.717) is 11.1 Å². The lowest BCUT2D eigenvalue weighted by Gasteiger charge is -2.10. The van der Waals surface area contributed by atoms with Gasteiger partial charge in [-0.2, -0.15) is 0 Å². The van der Waals surface area contributed by atoms with Gasteiger partial charge in [0.05, 0.1) is 22.8 Å². The van der Waals surface area contributed by atoms with Gasteiger partial charge >= 0.3 is 0 Å². The predicted molar refractivity (Wildman–Crippen MR) is 242 cm³/mol. The number of benzene rings is 4. The number of nitrogens with zero attached hydrogens (tertiary/aromatic N) is 2. The van der Waals surface area contributed by atoms with Crippen molar-refractivity contribution >= 4 is 63.5 Å². The second kappa shape index (κ2) is 14.4. The van der Waals surface area contributed by atoms with Crippen LogP contribution in [0.4, 0.5) is 0 Å². The van der Waals surface area contributed by atoms with E-state index in [9.17, 15) is 9.59 Å². The van der Waals surface area contributed by atoms with E-state index < -0.39 is 0 Å². The monoisotopic (exact) mass is 762 g/mol. The average Bonchev–Trinajstić information content (AvgIpc) is 4.09. The Morgan fingerprint density at radius 1 is 0.390 bits per heavy atom. The van der Waals surface area contributed by atoms with Gasteiger partial charge < -0.3 is 9.97 Å². The molecule has 1 aliphatic carbocycles. The second-order valence-electron chi connectivity index (χ2n) is 15.3. The molecule has 0 atom stereocenters. The Morgan fingerprint density at radius 3 is 1.17 bits per heavy atom. The van der Waals surface area contributed by atoms with Gasteiger partial charge in [-0.1, -0.05) is 108 Å². The number of carbonyl (C=O) groups is 2. The fraction of sp³-hybridized carbons (Fsp3) is 0.0566. The molecule has 0 saturated carbocycles. The number of fused-ring (bicyclic) bond motifs is 8. The summed E-state index contributed by atoms with van der Waals surface area (Å²) in [5.41, 5.74) is 19.2. The Morgan fingerprint density at radius 2 is 0.763 bits per heavy atom. The summed E-state index contributed by atoms with van der Waals surface area (Å²) >= 11 is 0. The summed E-state index contributed by atoms with van der Waals surface area (Å²) in [6, 6.07) is 41.9. The zero-order valence-electron chi connectivity index (χ0n) is 32.8. The first-order valence-corrected chi connectivity index (χ1v) is 19.7. The molecular formula is C53H38N4O2. The molecule has 2 aliphatic heterocycles. The predicted octanol–water partition coefficient (Wildman–Crippen LogP) is 12.3. The highest BCUT2D eigenvalue weighted by atomic mass is 16.1. The molecule has 8 bridgehead atoms. The maximum atomic E-state index is 13.0. The van der Waals surface area contributed by atoms with Crippen LogP contribution in [0, 0.1) is 20.8 Å². The Hall–Kier alpha value is -7.70. The highest BCUT2D eigenvalue weighted by Gasteiger charge is 2.21. The third-order valence-electron chi connectivity index (χ3n) is 11.2. The standard InChI is InChI=1S/C53H38N4O2/c1-31-7-13-34(14-8-31)50-41-20-22-43(54-41)51(35-15-9-32(2)10-16-35)45-24-26-47(56-45)53(38-6-4-5-37(29-38)40-30-39(58)19-28-49(40)59)48-27-25-46(57-48)52(44-23-21-42(50)55-44)36-17-11-33(3)12-18-36/h4-30,54,57H,1-3H3. The number of H-pyrrole nitrogens is 2. The summed E-state index contributed by atoms with van der Waals surface area (Å²) in [6.07, 6.45) is 12.4. The molecule has 0 fully saturated rings. The number of aromatic amines is 2. The number of ketones is 2. The van der Waals surface area contributed by atoms with Crippen molar-refractivity contribution in [2.24, 2.45) is 0 Å². The number of aryl methyl sites for hydroxylation is 3. The molecule has 4 aromatic carbocycles. The topological polar surface area (TPSA) is 91.5 Å². The van der Waals surface area contributed by atoms with Crippen molar-refractivity contribution < 1.29 is 9.59 Å². The lowest BCUT2D eigenvalue weighted by Crippen LogP contribution is -2.06. The van der Waals surface area contributed by atoms with Crippen LogP contribution < -0.4 is 0 Å². The Bertz CT molecular complexity index is 3140. The molecule has 10 rings (SSSR count). The minimum absolute atomic E-state index is 0.204. The number of carbonyl (C=O) groups excluding carboxylic acids is 2. The van der Waals surface area contributed by atoms with E-state index in [0.717, 1.165) is 89.4 Å². The summed E-state index contributed by atoms with van der Waals surface area (Å²) in [4.78, 5) is 43.9. The van der Waals surface area contributed by atoms with Crippen LogP contribution >= 0.6 is 0 Å². The molecule has 6 nitrogen and oxygen atoms in total. The van der Waals surface area contributed by atoms with Gasteiger partial charge in [-0.15, -0.1) is 0 Å². The van der Waals surface area contributed by atoms with E-state index in [1.165, 1.54) is 34.9 Å². The van der Waals surface area contributed by atoms with E-state index >= 15 is 0 Å². The molecule has 59 heavy (non-hydrogen) atoms. The fourth-order valence-electron chi connectivity index (χ4n) is 8.16. The number of hydrogen-bond donors (Lipinski definition) is 2. The molecule has 0 radical (unpaired) electrons. The van der Waals surface area contributed by atoms with E-state index in [1.807, 2.05) is 24.3 Å². The largest absolute Gasteiger partial charge is 0.354 e. The molecule has 0 unspecified atom stereocenters. The molecule has 0 amide bonds. The van der Waals surface area contributed by atoms with Gasteiger partial charge in [0.15, 0.2) is 11.6 Å². The van der Waals surface area contributed by atoms with Crippen molar-refractivity contribution in [2.75, 3.05) is 0 Å². The van der Waals surface area contributed by atoms with E-state index in [-0.39, 0.29) is 11.6 Å². The number of aromatic nitrogens is 4. The number of allylic oxidation sites excluding steroid dienone is 4. The summed E-state index contributed by atoms with van der Waals surface area (Å²) in [5, 5.41) is 0. The Balaban J connectivity index is 1.35.